The van der Waals surface area contributed by atoms with Gasteiger partial charge in [0.2, 0.25) is 0 Å². The van der Waals surface area contributed by atoms with E-state index in [9.17, 15) is 19.3 Å². The summed E-state index contributed by atoms with van der Waals surface area (Å²) in [6.07, 6.45) is 1.31. The molecule has 3 aromatic rings. The van der Waals surface area contributed by atoms with Crippen molar-refractivity contribution >= 4 is 33.7 Å². The molecule has 3 rings (SSSR count). The van der Waals surface area contributed by atoms with Crippen molar-refractivity contribution in [2.24, 2.45) is 5.10 Å². The number of carbonyl (C=O) groups is 1. The van der Waals surface area contributed by atoms with Crippen molar-refractivity contribution in [2.75, 3.05) is 0 Å². The highest BCUT2D eigenvalue weighted by molar-refractivity contribution is 9.10. The summed E-state index contributed by atoms with van der Waals surface area (Å²) in [5, 5.41) is 14.6. The zero-order chi connectivity index (χ0) is 19.4. The second-order valence-electron chi connectivity index (χ2n) is 5.33. The summed E-state index contributed by atoms with van der Waals surface area (Å²) in [6.45, 7) is 0. The number of carbonyl (C=O) groups excluding carboxylic acids is 1. The molecule has 0 fully saturated rings. The molecule has 1 aromatic heterocycles. The topological polar surface area (TPSA) is 97.7 Å². The molecule has 0 aliphatic rings. The van der Waals surface area contributed by atoms with Gasteiger partial charge in [0.1, 0.15) is 17.3 Å². The van der Waals surface area contributed by atoms with Crippen molar-refractivity contribution in [1.29, 1.82) is 0 Å². The van der Waals surface area contributed by atoms with Crippen molar-refractivity contribution in [1.82, 2.24) is 5.43 Å². The van der Waals surface area contributed by atoms with Crippen molar-refractivity contribution in [3.05, 3.63) is 86.3 Å². The van der Waals surface area contributed by atoms with E-state index in [2.05, 4.69) is 26.5 Å². The number of nitro benzene ring substituents is 1. The van der Waals surface area contributed by atoms with Crippen LogP contribution >= 0.6 is 15.9 Å². The zero-order valence-electron chi connectivity index (χ0n) is 13.6. The lowest BCUT2D eigenvalue weighted by molar-refractivity contribution is -0.384. The maximum atomic E-state index is 12.8. The smallest absolute Gasteiger partial charge is 0.271 e. The van der Waals surface area contributed by atoms with Crippen LogP contribution in [0.1, 0.15) is 16.1 Å². The van der Waals surface area contributed by atoms with Crippen LogP contribution in [0.4, 0.5) is 10.1 Å². The van der Waals surface area contributed by atoms with Gasteiger partial charge in [0.25, 0.3) is 11.6 Å². The van der Waals surface area contributed by atoms with Crippen LogP contribution in [0.15, 0.2) is 68.6 Å². The first-order chi connectivity index (χ1) is 12.9. The second kappa shape index (κ2) is 7.92. The molecule has 0 bridgehead atoms. The van der Waals surface area contributed by atoms with Crippen molar-refractivity contribution in [3.8, 4) is 11.3 Å². The lowest BCUT2D eigenvalue weighted by atomic mass is 10.1. The molecule has 0 aliphatic heterocycles. The fraction of sp³-hybridized carbons (Fsp3) is 0. The molecular weight excluding hydrogens is 421 g/mol. The minimum atomic E-state index is -0.490. The van der Waals surface area contributed by atoms with Gasteiger partial charge in [-0.1, -0.05) is 0 Å². The third-order valence-electron chi connectivity index (χ3n) is 3.52. The summed E-state index contributed by atoms with van der Waals surface area (Å²) in [5.74, 6) is -0.0792. The van der Waals surface area contributed by atoms with Crippen molar-refractivity contribution in [3.63, 3.8) is 0 Å². The van der Waals surface area contributed by atoms with Gasteiger partial charge in [-0.3, -0.25) is 14.9 Å². The maximum absolute atomic E-state index is 12.8. The van der Waals surface area contributed by atoms with E-state index in [1.165, 1.54) is 42.6 Å². The number of non-ortho nitro benzene ring substituents is 1. The highest BCUT2D eigenvalue weighted by atomic mass is 79.9. The average Bonchev–Trinajstić information content (AvgIpc) is 3.10. The van der Waals surface area contributed by atoms with E-state index in [4.69, 9.17) is 4.42 Å². The number of rotatable bonds is 5. The molecule has 0 atom stereocenters. The van der Waals surface area contributed by atoms with Crippen molar-refractivity contribution in [2.45, 2.75) is 0 Å². The summed E-state index contributed by atoms with van der Waals surface area (Å²) in [5.41, 5.74) is 3.17. The number of furan rings is 1. The van der Waals surface area contributed by atoms with Gasteiger partial charge in [-0.2, -0.15) is 5.10 Å². The third kappa shape index (κ3) is 4.45. The lowest BCUT2D eigenvalue weighted by Crippen LogP contribution is -2.17. The van der Waals surface area contributed by atoms with Crippen LogP contribution in [-0.2, 0) is 0 Å². The van der Waals surface area contributed by atoms with Gasteiger partial charge in [0, 0.05) is 27.7 Å². The molecule has 0 spiro atoms. The van der Waals surface area contributed by atoms with Crippen LogP contribution in [0, 0.1) is 15.9 Å². The molecule has 1 heterocycles. The van der Waals surface area contributed by atoms with E-state index in [1.807, 2.05) is 0 Å². The Kier molecular flexibility index (Phi) is 5.41. The van der Waals surface area contributed by atoms with Crippen LogP contribution in [0.25, 0.3) is 11.3 Å². The minimum absolute atomic E-state index is 0.0394. The van der Waals surface area contributed by atoms with E-state index < -0.39 is 16.6 Å². The molecule has 27 heavy (non-hydrogen) atoms. The molecule has 1 amide bonds. The fourth-order valence-electron chi connectivity index (χ4n) is 2.20. The van der Waals surface area contributed by atoms with Gasteiger partial charge in [-0.15, -0.1) is 0 Å². The highest BCUT2D eigenvalue weighted by Crippen LogP contribution is 2.32. The SMILES string of the molecule is O=C(N/N=C\c1ccc(-c2ccc([N+](=O)[O-])cc2Br)o1)c1ccc(F)cc1. The number of hydrazone groups is 1. The first kappa shape index (κ1) is 18.5. The molecule has 9 heteroatoms. The van der Waals surface area contributed by atoms with Crippen molar-refractivity contribution < 1.29 is 18.5 Å². The molecule has 0 unspecified atom stereocenters. The van der Waals surface area contributed by atoms with Gasteiger partial charge in [-0.05, 0) is 58.4 Å². The maximum Gasteiger partial charge on any atom is 0.271 e. The Bertz CT molecular complexity index is 1030. The van der Waals surface area contributed by atoms with Crippen LogP contribution in [0.5, 0.6) is 0 Å². The Morgan fingerprint density at radius 3 is 2.59 bits per heavy atom. The predicted octanol–water partition coefficient (Wildman–Crippen LogP) is 4.52. The van der Waals surface area contributed by atoms with Crippen LogP contribution in [-0.4, -0.2) is 17.0 Å². The first-order valence-electron chi connectivity index (χ1n) is 7.57. The average molecular weight is 432 g/mol. The zero-order valence-corrected chi connectivity index (χ0v) is 15.1. The summed E-state index contributed by atoms with van der Waals surface area (Å²) >= 11 is 3.28. The van der Waals surface area contributed by atoms with E-state index in [0.717, 1.165) is 0 Å². The van der Waals surface area contributed by atoms with Crippen LogP contribution in [0.3, 0.4) is 0 Å². The number of amides is 1. The monoisotopic (exact) mass is 431 g/mol. The molecule has 0 aliphatic carbocycles. The number of nitrogens with zero attached hydrogens (tertiary/aromatic N) is 2. The molecule has 2 aromatic carbocycles. The molecular formula is C18H11BrFN3O4. The molecule has 0 saturated heterocycles. The van der Waals surface area contributed by atoms with Crippen LogP contribution in [0.2, 0.25) is 0 Å². The molecule has 136 valence electrons. The Morgan fingerprint density at radius 1 is 1.19 bits per heavy atom. The minimum Gasteiger partial charge on any atom is -0.455 e. The van der Waals surface area contributed by atoms with E-state index in [0.29, 0.717) is 21.6 Å². The standard InChI is InChI=1S/C18H11BrFN3O4/c19-16-9-13(23(25)26)5-7-15(16)17-8-6-14(27-17)10-21-22-18(24)11-1-3-12(20)4-2-11/h1-10H,(H,22,24)/b21-10-. The van der Waals surface area contributed by atoms with E-state index in [1.54, 1.807) is 18.2 Å². The van der Waals surface area contributed by atoms with Gasteiger partial charge >= 0.3 is 0 Å². The summed E-state index contributed by atoms with van der Waals surface area (Å²) < 4.78 is 19.0. The summed E-state index contributed by atoms with van der Waals surface area (Å²) in [7, 11) is 0. The van der Waals surface area contributed by atoms with Crippen LogP contribution < -0.4 is 5.43 Å². The number of nitrogens with one attached hydrogen (secondary N) is 1. The van der Waals surface area contributed by atoms with E-state index >= 15 is 0 Å². The number of nitro groups is 1. The number of halogens is 2. The normalized spacial score (nSPS) is 10.9. The Balaban J connectivity index is 1.69. The number of hydrogen-bond acceptors (Lipinski definition) is 5. The van der Waals surface area contributed by atoms with Gasteiger partial charge in [0.15, 0.2) is 0 Å². The molecule has 0 radical (unpaired) electrons. The van der Waals surface area contributed by atoms with E-state index in [-0.39, 0.29) is 11.3 Å². The quantitative estimate of drug-likeness (QED) is 0.364. The summed E-state index contributed by atoms with van der Waals surface area (Å²) in [4.78, 5) is 22.2. The van der Waals surface area contributed by atoms with Gasteiger partial charge in [-0.25, -0.2) is 9.82 Å². The molecule has 0 saturated carbocycles. The number of benzene rings is 2. The Hall–Kier alpha value is -3.33. The molecule has 7 nitrogen and oxygen atoms in total. The second-order valence-corrected chi connectivity index (χ2v) is 6.18. The largest absolute Gasteiger partial charge is 0.455 e. The third-order valence-corrected chi connectivity index (χ3v) is 4.18. The summed E-state index contributed by atoms with van der Waals surface area (Å²) in [6, 6.07) is 12.7. The lowest BCUT2D eigenvalue weighted by Gasteiger charge is -2.01. The molecule has 1 N–H and O–H groups in total. The Morgan fingerprint density at radius 2 is 1.93 bits per heavy atom. The predicted molar refractivity (Wildman–Crippen MR) is 100.0 cm³/mol. The first-order valence-corrected chi connectivity index (χ1v) is 8.36. The Labute approximate surface area is 160 Å². The van der Waals surface area contributed by atoms with Gasteiger partial charge < -0.3 is 4.42 Å². The van der Waals surface area contributed by atoms with Gasteiger partial charge in [0.05, 0.1) is 11.1 Å². The highest BCUT2D eigenvalue weighted by Gasteiger charge is 2.13. The number of hydrogen-bond donors (Lipinski definition) is 1. The fourth-order valence-corrected chi connectivity index (χ4v) is 2.77.